The van der Waals surface area contributed by atoms with Crippen molar-refractivity contribution in [2.24, 2.45) is 35.5 Å². The van der Waals surface area contributed by atoms with Gasteiger partial charge in [0.1, 0.15) is 0 Å². The maximum atomic E-state index is 5.55. The Kier molecular flexibility index (Phi) is 8.23. The molecule has 5 aromatic rings. The number of hydrogen-bond donors (Lipinski definition) is 0. The van der Waals surface area contributed by atoms with Gasteiger partial charge in [0.15, 0.2) is 5.82 Å². The molecule has 2 aromatic heterocycles. The average molecular weight is 873 g/mol. The first-order valence-corrected chi connectivity index (χ1v) is 20.4. The zero-order chi connectivity index (χ0) is 34.6. The monoisotopic (exact) mass is 873 g/mol. The summed E-state index contributed by atoms with van der Waals surface area (Å²) in [5.41, 5.74) is 13.8. The van der Waals surface area contributed by atoms with Crippen molar-refractivity contribution in [1.82, 2.24) is 15.0 Å². The first-order chi connectivity index (χ1) is 25.3. The molecule has 8 saturated carbocycles. The summed E-state index contributed by atoms with van der Waals surface area (Å²) in [4.78, 5) is 16.2. The van der Waals surface area contributed by atoms with Crippen LogP contribution < -0.4 is 0 Å². The van der Waals surface area contributed by atoms with Gasteiger partial charge in [-0.05, 0) is 149 Å². The molecule has 1 radical (unpaired) electrons. The van der Waals surface area contributed by atoms with E-state index in [-0.39, 0.29) is 30.9 Å². The topological polar surface area (TPSA) is 38.7 Å². The minimum atomic E-state index is 0. The van der Waals surface area contributed by atoms with Gasteiger partial charge in [0.2, 0.25) is 0 Å². The van der Waals surface area contributed by atoms with Crippen LogP contribution in [0.15, 0.2) is 85.1 Å². The van der Waals surface area contributed by atoms with Crippen LogP contribution in [0.2, 0.25) is 0 Å². The van der Waals surface area contributed by atoms with Crippen molar-refractivity contribution in [3.05, 3.63) is 114 Å². The van der Waals surface area contributed by atoms with Gasteiger partial charge in [-0.25, -0.2) is 9.97 Å². The molecule has 0 saturated heterocycles. The van der Waals surface area contributed by atoms with Crippen molar-refractivity contribution >= 4 is 0 Å². The fraction of sp³-hybridized carbons (Fsp3) is 0.449. The van der Waals surface area contributed by atoms with E-state index >= 15 is 0 Å². The number of benzene rings is 3. The van der Waals surface area contributed by atoms with Gasteiger partial charge in [0, 0.05) is 42.7 Å². The van der Waals surface area contributed by atoms with E-state index < -0.39 is 0 Å². The zero-order valence-electron chi connectivity index (χ0n) is 31.2. The summed E-state index contributed by atoms with van der Waals surface area (Å²) in [6, 6.07) is 32.6. The van der Waals surface area contributed by atoms with Gasteiger partial charge in [-0.3, -0.25) is 0 Å². The Morgan fingerprint density at radius 2 is 1.04 bits per heavy atom. The van der Waals surface area contributed by atoms with E-state index in [2.05, 4.69) is 98.8 Å². The first-order valence-electron chi connectivity index (χ1n) is 20.4. The van der Waals surface area contributed by atoms with Crippen molar-refractivity contribution in [1.29, 1.82) is 0 Å². The quantitative estimate of drug-likeness (QED) is 0.160. The molecular formula is C49H50IrN3-. The van der Waals surface area contributed by atoms with Crippen LogP contribution in [0.5, 0.6) is 0 Å². The van der Waals surface area contributed by atoms with Gasteiger partial charge in [0.25, 0.3) is 0 Å². The van der Waals surface area contributed by atoms with Gasteiger partial charge in [0.05, 0.1) is 11.4 Å². The van der Waals surface area contributed by atoms with Crippen LogP contribution in [0.1, 0.15) is 99.6 Å². The summed E-state index contributed by atoms with van der Waals surface area (Å²) in [7, 11) is 0. The molecule has 0 unspecified atom stereocenters. The summed E-state index contributed by atoms with van der Waals surface area (Å²) in [6.07, 6.45) is 18.8. The molecule has 0 aliphatic heterocycles. The minimum absolute atomic E-state index is 0. The summed E-state index contributed by atoms with van der Waals surface area (Å²) < 4.78 is 0. The SMILES string of the molecule is Cc1cc(C)cc(-c2ccccc2-c2c[c-]c(-c3ccc(-c4nc(C56CC7CC(CC(C7)C5)C6)cc(C56CC7CC(CC(C7)C5)C6)n4)cn3)cc2)c1.[Ir]. The smallest absolute Gasteiger partial charge is 0.161 e. The number of aromatic nitrogens is 3. The maximum Gasteiger partial charge on any atom is 0.161 e. The van der Waals surface area contributed by atoms with Crippen molar-refractivity contribution in [3.63, 3.8) is 0 Å². The molecule has 8 aliphatic carbocycles. The second-order valence-corrected chi connectivity index (χ2v) is 18.7. The predicted molar refractivity (Wildman–Crippen MR) is 210 cm³/mol. The Hall–Kier alpha value is -3.46. The summed E-state index contributed by atoms with van der Waals surface area (Å²) in [5.74, 6) is 6.31. The molecule has 8 bridgehead atoms. The fourth-order valence-electron chi connectivity index (χ4n) is 13.5. The number of pyridine rings is 1. The molecule has 3 nitrogen and oxygen atoms in total. The molecule has 8 fully saturated rings. The molecular weight excluding hydrogens is 823 g/mol. The Balaban J connectivity index is 0.00000349. The third-order valence-electron chi connectivity index (χ3n) is 14.8. The van der Waals surface area contributed by atoms with Crippen LogP contribution in [0.25, 0.3) is 44.9 Å². The minimum Gasteiger partial charge on any atom is -0.304 e. The van der Waals surface area contributed by atoms with E-state index in [1.807, 2.05) is 6.20 Å². The molecule has 13 rings (SSSR count). The number of rotatable bonds is 6. The molecule has 8 aliphatic rings. The van der Waals surface area contributed by atoms with E-state index in [4.69, 9.17) is 15.0 Å². The van der Waals surface area contributed by atoms with Crippen LogP contribution in [0.3, 0.4) is 0 Å². The number of aryl methyl sites for hydroxylation is 2. The summed E-state index contributed by atoms with van der Waals surface area (Å²) >= 11 is 0. The van der Waals surface area contributed by atoms with Gasteiger partial charge < -0.3 is 4.98 Å². The van der Waals surface area contributed by atoms with E-state index in [9.17, 15) is 0 Å². The molecule has 271 valence electrons. The largest absolute Gasteiger partial charge is 0.304 e. The molecule has 2 heterocycles. The first kappa shape index (κ1) is 34.1. The molecule has 0 amide bonds. The maximum absolute atomic E-state index is 5.55. The third kappa shape index (κ3) is 5.90. The third-order valence-corrected chi connectivity index (χ3v) is 14.8. The predicted octanol–water partition coefficient (Wildman–Crippen LogP) is 11.9. The van der Waals surface area contributed by atoms with E-state index in [1.165, 1.54) is 122 Å². The Morgan fingerprint density at radius 3 is 1.49 bits per heavy atom. The second kappa shape index (κ2) is 12.8. The second-order valence-electron chi connectivity index (χ2n) is 18.7. The molecule has 0 spiro atoms. The van der Waals surface area contributed by atoms with Crippen LogP contribution in [0, 0.1) is 55.4 Å². The average Bonchev–Trinajstić information content (AvgIpc) is 3.13. The fourth-order valence-corrected chi connectivity index (χ4v) is 13.5. The van der Waals surface area contributed by atoms with Crippen molar-refractivity contribution in [2.75, 3.05) is 0 Å². The van der Waals surface area contributed by atoms with E-state index in [0.717, 1.165) is 58.2 Å². The van der Waals surface area contributed by atoms with Crippen LogP contribution >= 0.6 is 0 Å². The normalized spacial score (nSPS) is 31.8. The van der Waals surface area contributed by atoms with E-state index in [1.54, 1.807) is 0 Å². The summed E-state index contributed by atoms with van der Waals surface area (Å²) in [6.45, 7) is 4.35. The van der Waals surface area contributed by atoms with Gasteiger partial charge in [-0.15, -0.1) is 29.8 Å². The number of nitrogens with zero attached hydrogens (tertiary/aromatic N) is 3. The van der Waals surface area contributed by atoms with Gasteiger partial charge in [-0.2, -0.15) is 0 Å². The number of hydrogen-bond acceptors (Lipinski definition) is 3. The molecule has 53 heavy (non-hydrogen) atoms. The summed E-state index contributed by atoms with van der Waals surface area (Å²) in [5, 5.41) is 0. The van der Waals surface area contributed by atoms with Crippen LogP contribution in [0.4, 0.5) is 0 Å². The van der Waals surface area contributed by atoms with Crippen molar-refractivity contribution in [3.8, 4) is 44.9 Å². The van der Waals surface area contributed by atoms with Crippen molar-refractivity contribution in [2.45, 2.75) is 102 Å². The molecule has 0 atom stereocenters. The standard InChI is InChI=1S/C49H50N3.Ir/c1-30-13-31(2)15-41(14-30)43-6-4-3-5-42(43)38-7-9-39(10-8-38)44-12-11-40(29-50-44)47-51-45(48-23-32-16-33(24-48)18-34(17-32)25-48)22-46(52-47)49-26-35-19-36(27-49)21-37(20-35)28-49;/h3-9,11-15,22,29,32-37H,16-21,23-28H2,1-2H3;/q-1;. The molecule has 3 aromatic carbocycles. The zero-order valence-corrected chi connectivity index (χ0v) is 33.6. The van der Waals surface area contributed by atoms with Crippen LogP contribution in [-0.4, -0.2) is 15.0 Å². The Bertz CT molecular complexity index is 2030. The van der Waals surface area contributed by atoms with Crippen molar-refractivity contribution < 1.29 is 20.1 Å². The molecule has 0 N–H and O–H groups in total. The molecule has 4 heteroatoms. The van der Waals surface area contributed by atoms with Crippen LogP contribution in [-0.2, 0) is 30.9 Å². The van der Waals surface area contributed by atoms with Gasteiger partial charge in [-0.1, -0.05) is 76.9 Å². The Labute approximate surface area is 329 Å². The van der Waals surface area contributed by atoms with E-state index in [0.29, 0.717) is 0 Å². The Morgan fingerprint density at radius 1 is 0.547 bits per heavy atom. The van der Waals surface area contributed by atoms with Gasteiger partial charge >= 0.3 is 0 Å².